The number of cyclic esters (lactones) is 1. The highest BCUT2D eigenvalue weighted by Gasteiger charge is 2.18. The molecule has 0 aromatic carbocycles. The lowest BCUT2D eigenvalue weighted by Gasteiger charge is -2.00. The lowest BCUT2D eigenvalue weighted by molar-refractivity contribution is 0.0637. The minimum absolute atomic E-state index is 0.273. The van der Waals surface area contributed by atoms with Crippen LogP contribution in [-0.2, 0) is 9.47 Å². The predicted octanol–water partition coefficient (Wildman–Crippen LogP) is 0.561. The molecule has 0 fully saturated rings. The predicted molar refractivity (Wildman–Crippen MR) is 27.0 cm³/mol. The molecule has 0 aromatic rings. The number of carbonyl (C=O) groups excluding carboxylic acids is 1. The second-order valence-corrected chi connectivity index (χ2v) is 1.51. The smallest absolute Gasteiger partial charge is 0.417 e. The Balaban J connectivity index is 2.32. The van der Waals surface area contributed by atoms with E-state index >= 15 is 0 Å². The van der Waals surface area contributed by atoms with Gasteiger partial charge in [0.2, 0.25) is 6.23 Å². The number of hydrogen-bond acceptors (Lipinski definition) is 4. The van der Waals surface area contributed by atoms with Crippen LogP contribution in [0.2, 0.25) is 0 Å². The summed E-state index contributed by atoms with van der Waals surface area (Å²) < 4.78 is 9.15. The number of amides is 1. The molecule has 0 aliphatic carbocycles. The molecule has 1 aliphatic heterocycles. The van der Waals surface area contributed by atoms with Crippen molar-refractivity contribution in [2.75, 3.05) is 13.7 Å². The molecule has 0 saturated carbocycles. The van der Waals surface area contributed by atoms with Gasteiger partial charge in [0.05, 0.1) is 0 Å². The van der Waals surface area contributed by atoms with Crippen molar-refractivity contribution in [3.8, 4) is 0 Å². The maximum Gasteiger partial charge on any atom is 0.454 e. The van der Waals surface area contributed by atoms with Gasteiger partial charge in [-0.25, -0.2) is 4.79 Å². The molecule has 1 rings (SSSR count). The van der Waals surface area contributed by atoms with Crippen molar-refractivity contribution in [2.45, 2.75) is 6.23 Å². The van der Waals surface area contributed by atoms with E-state index in [2.05, 4.69) is 19.7 Å². The van der Waals surface area contributed by atoms with Gasteiger partial charge in [0.25, 0.3) is 0 Å². The maximum absolute atomic E-state index is 10.2. The minimum atomic E-state index is -0.642. The van der Waals surface area contributed by atoms with Crippen LogP contribution >= 0.6 is 0 Å². The second kappa shape index (κ2) is 2.54. The molecule has 0 saturated heterocycles. The highest BCUT2D eigenvalue weighted by molar-refractivity contribution is 5.68. The summed E-state index contributed by atoms with van der Waals surface area (Å²) in [6, 6.07) is 0. The van der Waals surface area contributed by atoms with Crippen LogP contribution in [0.5, 0.6) is 0 Å². The number of azo groups is 1. The van der Waals surface area contributed by atoms with Gasteiger partial charge in [0.1, 0.15) is 6.61 Å². The van der Waals surface area contributed by atoms with Gasteiger partial charge in [-0.15, -0.1) is 5.11 Å². The molecular formula is C4H6N2O3. The van der Waals surface area contributed by atoms with Crippen LogP contribution in [0.3, 0.4) is 0 Å². The Morgan fingerprint density at radius 3 is 3.11 bits per heavy atom. The van der Waals surface area contributed by atoms with Crippen LogP contribution in [0.15, 0.2) is 10.2 Å². The fraction of sp³-hybridized carbons (Fsp3) is 0.750. The normalized spacial score (nSPS) is 24.6. The van der Waals surface area contributed by atoms with Gasteiger partial charge < -0.3 is 9.47 Å². The molecule has 50 valence electrons. The van der Waals surface area contributed by atoms with Gasteiger partial charge >= 0.3 is 6.09 Å². The van der Waals surface area contributed by atoms with Crippen LogP contribution in [0, 0.1) is 0 Å². The molecule has 1 aliphatic rings. The second-order valence-electron chi connectivity index (χ2n) is 1.51. The van der Waals surface area contributed by atoms with Crippen molar-refractivity contribution >= 4 is 6.09 Å². The zero-order valence-corrected chi connectivity index (χ0v) is 4.90. The monoisotopic (exact) mass is 130 g/mol. The average Bonchev–Trinajstić information content (AvgIpc) is 2.17. The van der Waals surface area contributed by atoms with Gasteiger partial charge in [-0.2, -0.15) is 0 Å². The van der Waals surface area contributed by atoms with E-state index in [9.17, 15) is 4.79 Å². The molecule has 1 atom stereocenters. The number of rotatable bonds is 2. The Labute approximate surface area is 51.7 Å². The number of hydrogen-bond donors (Lipinski definition) is 0. The largest absolute Gasteiger partial charge is 0.454 e. The van der Waals surface area contributed by atoms with E-state index in [0.717, 1.165) is 0 Å². The molecule has 9 heavy (non-hydrogen) atoms. The summed E-state index contributed by atoms with van der Waals surface area (Å²) in [4.78, 5) is 10.2. The molecule has 0 spiro atoms. The molecule has 1 amide bonds. The van der Waals surface area contributed by atoms with Crippen LogP contribution in [0.25, 0.3) is 0 Å². The first-order valence-corrected chi connectivity index (χ1v) is 2.43. The molecule has 0 radical (unpaired) electrons. The Morgan fingerprint density at radius 1 is 1.89 bits per heavy atom. The van der Waals surface area contributed by atoms with E-state index in [4.69, 9.17) is 0 Å². The molecule has 0 N–H and O–H groups in total. The van der Waals surface area contributed by atoms with Gasteiger partial charge in [-0.3, -0.25) is 0 Å². The lowest BCUT2D eigenvalue weighted by atomic mass is 10.6. The SMILES string of the molecule is COCC1N=NC(=O)O1. The van der Waals surface area contributed by atoms with Crippen molar-refractivity contribution in [1.29, 1.82) is 0 Å². The number of ether oxygens (including phenoxy) is 2. The molecule has 0 bridgehead atoms. The third-order valence-electron chi connectivity index (χ3n) is 0.814. The lowest BCUT2D eigenvalue weighted by Crippen LogP contribution is -2.12. The van der Waals surface area contributed by atoms with Crippen LogP contribution in [-0.4, -0.2) is 26.0 Å². The topological polar surface area (TPSA) is 60.2 Å². The fourth-order valence-corrected chi connectivity index (χ4v) is 0.485. The molecule has 1 heterocycles. The zero-order valence-electron chi connectivity index (χ0n) is 4.90. The fourth-order valence-electron chi connectivity index (χ4n) is 0.485. The summed E-state index contributed by atoms with van der Waals surface area (Å²) in [5.74, 6) is 0. The standard InChI is InChI=1S/C4H6N2O3/c1-8-2-3-5-6-4(7)9-3/h3H,2H2,1H3. The summed E-state index contributed by atoms with van der Waals surface area (Å²) in [6.45, 7) is 0.273. The number of carbonyl (C=O) groups is 1. The summed E-state index contributed by atoms with van der Waals surface area (Å²) in [6.07, 6.45) is -1.17. The quantitative estimate of drug-likeness (QED) is 0.548. The van der Waals surface area contributed by atoms with Gasteiger partial charge in [0, 0.05) is 7.11 Å². The summed E-state index contributed by atoms with van der Waals surface area (Å²) in [5, 5.41) is 6.55. The Morgan fingerprint density at radius 2 is 2.67 bits per heavy atom. The highest BCUT2D eigenvalue weighted by atomic mass is 16.6. The van der Waals surface area contributed by atoms with Crippen molar-refractivity contribution in [3.63, 3.8) is 0 Å². The first-order valence-electron chi connectivity index (χ1n) is 2.43. The summed E-state index contributed by atoms with van der Waals surface area (Å²) in [7, 11) is 1.50. The van der Waals surface area contributed by atoms with Crippen LogP contribution in [0.4, 0.5) is 4.79 Å². The molecule has 5 heteroatoms. The van der Waals surface area contributed by atoms with E-state index in [1.165, 1.54) is 7.11 Å². The van der Waals surface area contributed by atoms with Crippen molar-refractivity contribution in [2.24, 2.45) is 10.2 Å². The first kappa shape index (κ1) is 6.15. The van der Waals surface area contributed by atoms with Crippen LogP contribution in [0.1, 0.15) is 0 Å². The average molecular weight is 130 g/mol. The summed E-state index contributed by atoms with van der Waals surface area (Å²) >= 11 is 0. The van der Waals surface area contributed by atoms with E-state index in [1.807, 2.05) is 0 Å². The number of nitrogens with zero attached hydrogens (tertiary/aromatic N) is 2. The number of methoxy groups -OCH3 is 1. The Hall–Kier alpha value is -0.970. The summed E-state index contributed by atoms with van der Waals surface area (Å²) in [5.41, 5.74) is 0. The zero-order chi connectivity index (χ0) is 6.69. The molecule has 5 nitrogen and oxygen atoms in total. The van der Waals surface area contributed by atoms with Gasteiger partial charge in [0.15, 0.2) is 0 Å². The van der Waals surface area contributed by atoms with Crippen LogP contribution < -0.4 is 0 Å². The molecular weight excluding hydrogens is 124 g/mol. The minimum Gasteiger partial charge on any atom is -0.417 e. The Bertz CT molecular complexity index is 145. The van der Waals surface area contributed by atoms with Crippen molar-refractivity contribution < 1.29 is 14.3 Å². The van der Waals surface area contributed by atoms with E-state index < -0.39 is 12.3 Å². The Kier molecular flexibility index (Phi) is 1.74. The van der Waals surface area contributed by atoms with E-state index in [0.29, 0.717) is 0 Å². The first-order chi connectivity index (χ1) is 4.33. The van der Waals surface area contributed by atoms with Gasteiger partial charge in [-0.1, -0.05) is 5.11 Å². The van der Waals surface area contributed by atoms with Gasteiger partial charge in [-0.05, 0) is 0 Å². The maximum atomic E-state index is 10.2. The highest BCUT2D eigenvalue weighted by Crippen LogP contribution is 2.05. The third kappa shape index (κ3) is 1.46. The molecule has 0 aromatic heterocycles. The molecule has 1 unspecified atom stereocenters. The van der Waals surface area contributed by atoms with E-state index in [1.54, 1.807) is 0 Å². The van der Waals surface area contributed by atoms with Crippen molar-refractivity contribution in [1.82, 2.24) is 0 Å². The third-order valence-corrected chi connectivity index (χ3v) is 0.814. The van der Waals surface area contributed by atoms with E-state index in [-0.39, 0.29) is 6.61 Å². The van der Waals surface area contributed by atoms with Crippen molar-refractivity contribution in [3.05, 3.63) is 0 Å².